The minimum Gasteiger partial charge on any atom is -0.381 e. The molecule has 154 valence electrons. The number of carbonyl (C=O) groups excluding carboxylic acids is 2. The summed E-state index contributed by atoms with van der Waals surface area (Å²) in [6.45, 7) is 5.47. The highest BCUT2D eigenvalue weighted by Crippen LogP contribution is 2.17. The molecule has 29 heavy (non-hydrogen) atoms. The molecule has 0 bridgehead atoms. The van der Waals surface area contributed by atoms with E-state index < -0.39 is 0 Å². The molecule has 2 heterocycles. The smallest absolute Gasteiger partial charge is 0.251 e. The molecule has 0 unspecified atom stereocenters. The van der Waals surface area contributed by atoms with Gasteiger partial charge in [0.25, 0.3) is 5.91 Å². The third kappa shape index (κ3) is 4.95. The molecule has 0 aliphatic carbocycles. The van der Waals surface area contributed by atoms with E-state index >= 15 is 0 Å². The third-order valence-corrected chi connectivity index (χ3v) is 6.01. The molecule has 0 saturated carbocycles. The monoisotopic (exact) mass is 395 g/mol. The third-order valence-electron chi connectivity index (χ3n) is 6.01. The minimum atomic E-state index is -0.132. The predicted molar refractivity (Wildman–Crippen MR) is 113 cm³/mol. The summed E-state index contributed by atoms with van der Waals surface area (Å²) >= 11 is 0. The molecule has 0 atom stereocenters. The van der Waals surface area contributed by atoms with E-state index in [1.807, 2.05) is 47.4 Å². The Kier molecular flexibility index (Phi) is 6.42. The van der Waals surface area contributed by atoms with E-state index in [0.29, 0.717) is 24.6 Å². The summed E-state index contributed by atoms with van der Waals surface area (Å²) in [4.78, 5) is 29.3. The van der Waals surface area contributed by atoms with Crippen LogP contribution in [0, 0.1) is 0 Å². The summed E-state index contributed by atoms with van der Waals surface area (Å²) in [5.74, 6) is -0.0108. The second kappa shape index (κ2) is 9.37. The lowest BCUT2D eigenvalue weighted by Crippen LogP contribution is -2.53. The number of nitrogens with one attached hydrogen (secondary N) is 1. The van der Waals surface area contributed by atoms with Crippen LogP contribution in [0.15, 0.2) is 42.5 Å². The molecule has 4 rings (SSSR count). The van der Waals surface area contributed by atoms with Gasteiger partial charge in [-0.25, -0.2) is 0 Å². The number of carbonyl (C=O) groups is 2. The van der Waals surface area contributed by atoms with Crippen LogP contribution < -0.4 is 5.32 Å². The molecule has 0 radical (unpaired) electrons. The maximum Gasteiger partial charge on any atom is 0.251 e. The summed E-state index contributed by atoms with van der Waals surface area (Å²) in [6.07, 6.45) is 2.53. The molecule has 2 aromatic rings. The Morgan fingerprint density at radius 2 is 1.69 bits per heavy atom. The first kappa shape index (κ1) is 19.9. The summed E-state index contributed by atoms with van der Waals surface area (Å²) in [7, 11) is 0. The Labute approximate surface area is 171 Å². The van der Waals surface area contributed by atoms with Crippen LogP contribution in [-0.4, -0.2) is 73.6 Å². The number of hydrogen-bond donors (Lipinski definition) is 1. The van der Waals surface area contributed by atoms with Gasteiger partial charge in [-0.1, -0.05) is 30.3 Å². The van der Waals surface area contributed by atoms with Crippen molar-refractivity contribution in [3.8, 4) is 0 Å². The minimum absolute atomic E-state index is 0.121. The van der Waals surface area contributed by atoms with Crippen molar-refractivity contribution in [2.75, 3.05) is 45.9 Å². The molecule has 2 fully saturated rings. The molecule has 2 aromatic carbocycles. The molecule has 6 heteroatoms. The summed E-state index contributed by atoms with van der Waals surface area (Å²) in [5.41, 5.74) is 0.626. The fraction of sp³-hybridized carbons (Fsp3) is 0.478. The predicted octanol–water partition coefficient (Wildman–Crippen LogP) is 2.28. The number of hydrogen-bond acceptors (Lipinski definition) is 4. The van der Waals surface area contributed by atoms with Crippen LogP contribution >= 0.6 is 0 Å². The van der Waals surface area contributed by atoms with Crippen molar-refractivity contribution in [1.82, 2.24) is 15.1 Å². The van der Waals surface area contributed by atoms with Crippen molar-refractivity contribution >= 4 is 22.6 Å². The average molecular weight is 396 g/mol. The Hall–Kier alpha value is -2.44. The second-order valence-electron chi connectivity index (χ2n) is 7.83. The maximum absolute atomic E-state index is 12.5. The van der Waals surface area contributed by atoms with Gasteiger partial charge in [-0.3, -0.25) is 14.5 Å². The van der Waals surface area contributed by atoms with Crippen LogP contribution in [0.5, 0.6) is 0 Å². The Morgan fingerprint density at radius 3 is 2.45 bits per heavy atom. The van der Waals surface area contributed by atoms with Gasteiger partial charge in [-0.2, -0.15) is 0 Å². The highest BCUT2D eigenvalue weighted by atomic mass is 16.5. The first-order valence-electron chi connectivity index (χ1n) is 10.6. The van der Waals surface area contributed by atoms with Gasteiger partial charge >= 0.3 is 0 Å². The van der Waals surface area contributed by atoms with Crippen LogP contribution in [0.25, 0.3) is 10.8 Å². The van der Waals surface area contributed by atoms with Gasteiger partial charge in [-0.05, 0) is 35.7 Å². The highest BCUT2D eigenvalue weighted by molar-refractivity contribution is 5.98. The van der Waals surface area contributed by atoms with Crippen LogP contribution in [0.4, 0.5) is 0 Å². The SMILES string of the molecule is O=C(NCCC(=O)N1CCN(C2CCOCC2)CC1)c1ccc2ccccc2c1. The molecular weight excluding hydrogens is 366 g/mol. The summed E-state index contributed by atoms with van der Waals surface area (Å²) < 4.78 is 5.44. The number of benzene rings is 2. The first-order valence-corrected chi connectivity index (χ1v) is 10.6. The van der Waals surface area contributed by atoms with E-state index in [4.69, 9.17) is 4.74 Å². The molecule has 2 aliphatic heterocycles. The Balaban J connectivity index is 1.21. The standard InChI is InChI=1S/C23H29N3O3/c27-22(26-13-11-25(12-14-26)21-8-15-29-16-9-21)7-10-24-23(28)20-6-5-18-3-1-2-4-19(18)17-20/h1-6,17,21H,7-16H2,(H,24,28). The van der Waals surface area contributed by atoms with E-state index in [9.17, 15) is 9.59 Å². The number of piperazine rings is 1. The zero-order valence-electron chi connectivity index (χ0n) is 16.8. The van der Waals surface area contributed by atoms with Gasteiger partial charge in [0, 0.05) is 64.0 Å². The zero-order chi connectivity index (χ0) is 20.1. The highest BCUT2D eigenvalue weighted by Gasteiger charge is 2.27. The van der Waals surface area contributed by atoms with Gasteiger partial charge in [0.15, 0.2) is 0 Å². The van der Waals surface area contributed by atoms with E-state index in [0.717, 1.165) is 63.0 Å². The summed E-state index contributed by atoms with van der Waals surface area (Å²) in [5, 5.41) is 5.03. The van der Waals surface area contributed by atoms with Crippen molar-refractivity contribution in [1.29, 1.82) is 0 Å². The van der Waals surface area contributed by atoms with Crippen molar-refractivity contribution < 1.29 is 14.3 Å². The fourth-order valence-electron chi connectivity index (χ4n) is 4.26. The van der Waals surface area contributed by atoms with Gasteiger partial charge in [0.2, 0.25) is 5.91 Å². The van der Waals surface area contributed by atoms with Crippen molar-refractivity contribution in [3.63, 3.8) is 0 Å². The normalized spacial score (nSPS) is 18.7. The lowest BCUT2D eigenvalue weighted by atomic mass is 10.1. The molecule has 2 aliphatic rings. The molecule has 2 saturated heterocycles. The molecule has 2 amide bonds. The number of fused-ring (bicyclic) bond motifs is 1. The van der Waals surface area contributed by atoms with Gasteiger partial charge in [-0.15, -0.1) is 0 Å². The molecule has 6 nitrogen and oxygen atoms in total. The quantitative estimate of drug-likeness (QED) is 0.844. The molecular formula is C23H29N3O3. The average Bonchev–Trinajstić information content (AvgIpc) is 2.79. The van der Waals surface area contributed by atoms with Gasteiger partial charge in [0.1, 0.15) is 0 Å². The van der Waals surface area contributed by atoms with Crippen LogP contribution in [-0.2, 0) is 9.53 Å². The molecule has 0 aromatic heterocycles. The Bertz CT molecular complexity index is 855. The topological polar surface area (TPSA) is 61.9 Å². The van der Waals surface area contributed by atoms with E-state index in [1.165, 1.54) is 0 Å². The Morgan fingerprint density at radius 1 is 0.966 bits per heavy atom. The van der Waals surface area contributed by atoms with Crippen molar-refractivity contribution in [2.45, 2.75) is 25.3 Å². The van der Waals surface area contributed by atoms with E-state index in [1.54, 1.807) is 0 Å². The van der Waals surface area contributed by atoms with Gasteiger partial charge < -0.3 is 15.0 Å². The fourth-order valence-corrected chi connectivity index (χ4v) is 4.26. The van der Waals surface area contributed by atoms with Crippen molar-refractivity contribution in [2.24, 2.45) is 0 Å². The largest absolute Gasteiger partial charge is 0.381 e. The van der Waals surface area contributed by atoms with Crippen LogP contribution in [0.1, 0.15) is 29.6 Å². The summed E-state index contributed by atoms with van der Waals surface area (Å²) in [6, 6.07) is 14.2. The number of amides is 2. The number of nitrogens with zero attached hydrogens (tertiary/aromatic N) is 2. The lowest BCUT2D eigenvalue weighted by Gasteiger charge is -2.40. The lowest BCUT2D eigenvalue weighted by molar-refractivity contribution is -0.133. The second-order valence-corrected chi connectivity index (χ2v) is 7.83. The van der Waals surface area contributed by atoms with Crippen molar-refractivity contribution in [3.05, 3.63) is 48.0 Å². The van der Waals surface area contributed by atoms with Crippen LogP contribution in [0.2, 0.25) is 0 Å². The molecule has 1 N–H and O–H groups in total. The van der Waals surface area contributed by atoms with E-state index in [-0.39, 0.29) is 11.8 Å². The van der Waals surface area contributed by atoms with Gasteiger partial charge in [0.05, 0.1) is 0 Å². The van der Waals surface area contributed by atoms with E-state index in [2.05, 4.69) is 10.2 Å². The zero-order valence-corrected chi connectivity index (χ0v) is 16.8. The molecule has 0 spiro atoms. The first-order chi connectivity index (χ1) is 14.2. The number of ether oxygens (including phenoxy) is 1. The van der Waals surface area contributed by atoms with Crippen LogP contribution in [0.3, 0.4) is 0 Å². The number of rotatable bonds is 5. The maximum atomic E-state index is 12.5.